The summed E-state index contributed by atoms with van der Waals surface area (Å²) in [6.07, 6.45) is 0.969. The van der Waals surface area contributed by atoms with E-state index in [1.165, 1.54) is 4.90 Å². The predicted octanol–water partition coefficient (Wildman–Crippen LogP) is 0.119. The Hall–Kier alpha value is -1.89. The van der Waals surface area contributed by atoms with Gasteiger partial charge in [-0.15, -0.1) is 0 Å². The fourth-order valence-corrected chi connectivity index (χ4v) is 1.36. The number of nitrogens with one attached hydrogen (secondary N) is 1. The minimum Gasteiger partial charge on any atom is -0.360 e. The second-order valence-corrected chi connectivity index (χ2v) is 4.01. The van der Waals surface area contributed by atoms with Gasteiger partial charge in [0.2, 0.25) is 11.8 Å². The van der Waals surface area contributed by atoms with Gasteiger partial charge < -0.3 is 20.5 Å². The van der Waals surface area contributed by atoms with Crippen molar-refractivity contribution in [3.05, 3.63) is 11.8 Å². The van der Waals surface area contributed by atoms with Crippen molar-refractivity contribution in [3.8, 4) is 0 Å². The minimum atomic E-state index is -0.313. The number of carbonyl (C=O) groups is 2. The van der Waals surface area contributed by atoms with Crippen LogP contribution in [0.2, 0.25) is 0 Å². The van der Waals surface area contributed by atoms with Crippen LogP contribution in [0.1, 0.15) is 18.6 Å². The number of likely N-dealkylation sites (N-methyl/N-ethyl adjacent to an activating group) is 1. The summed E-state index contributed by atoms with van der Waals surface area (Å²) in [6, 6.07) is 1.61. The second kappa shape index (κ2) is 6.75. The molecule has 0 unspecified atom stereocenters. The SMILES string of the molecule is Cc1cc(NC(=O)CN(C)C(=O)CCCN)no1. The van der Waals surface area contributed by atoms with Gasteiger partial charge >= 0.3 is 0 Å². The molecule has 100 valence electrons. The van der Waals surface area contributed by atoms with Crippen LogP contribution < -0.4 is 11.1 Å². The van der Waals surface area contributed by atoms with Crippen molar-refractivity contribution in [2.45, 2.75) is 19.8 Å². The van der Waals surface area contributed by atoms with E-state index in [-0.39, 0.29) is 18.4 Å². The summed E-state index contributed by atoms with van der Waals surface area (Å²) in [5.74, 6) is 0.539. The lowest BCUT2D eigenvalue weighted by atomic mass is 10.3. The van der Waals surface area contributed by atoms with Crippen LogP contribution in [0.25, 0.3) is 0 Å². The molecule has 0 radical (unpaired) electrons. The molecule has 7 heteroatoms. The molecule has 1 rings (SSSR count). The highest BCUT2D eigenvalue weighted by molar-refractivity contribution is 5.93. The number of aromatic nitrogens is 1. The van der Waals surface area contributed by atoms with Gasteiger partial charge in [0.05, 0.1) is 6.54 Å². The highest BCUT2D eigenvalue weighted by Crippen LogP contribution is 2.06. The zero-order valence-corrected chi connectivity index (χ0v) is 10.6. The van der Waals surface area contributed by atoms with Crippen LogP contribution in [-0.2, 0) is 9.59 Å². The third-order valence-electron chi connectivity index (χ3n) is 2.30. The first-order valence-corrected chi connectivity index (χ1v) is 5.70. The van der Waals surface area contributed by atoms with Crippen LogP contribution >= 0.6 is 0 Å². The van der Waals surface area contributed by atoms with Gasteiger partial charge in [-0.05, 0) is 19.9 Å². The number of carbonyl (C=O) groups excluding carboxylic acids is 2. The number of aryl methyl sites for hydroxylation is 1. The molecule has 0 aromatic carbocycles. The van der Waals surface area contributed by atoms with Crippen LogP contribution in [0.4, 0.5) is 5.82 Å². The van der Waals surface area contributed by atoms with E-state index in [0.29, 0.717) is 31.0 Å². The summed E-state index contributed by atoms with van der Waals surface area (Å²) in [5, 5.41) is 6.17. The Labute approximate surface area is 105 Å². The molecular formula is C11H18N4O3. The van der Waals surface area contributed by atoms with Crippen molar-refractivity contribution in [1.29, 1.82) is 0 Å². The highest BCUT2D eigenvalue weighted by atomic mass is 16.5. The number of amides is 2. The lowest BCUT2D eigenvalue weighted by Gasteiger charge is -2.15. The fourth-order valence-electron chi connectivity index (χ4n) is 1.36. The number of anilines is 1. The Morgan fingerprint density at radius 3 is 2.83 bits per heavy atom. The monoisotopic (exact) mass is 254 g/mol. The first-order chi connectivity index (χ1) is 8.52. The Morgan fingerprint density at radius 1 is 1.56 bits per heavy atom. The lowest BCUT2D eigenvalue weighted by Crippen LogP contribution is -2.35. The zero-order valence-electron chi connectivity index (χ0n) is 10.6. The van der Waals surface area contributed by atoms with E-state index < -0.39 is 0 Å². The second-order valence-electron chi connectivity index (χ2n) is 4.01. The van der Waals surface area contributed by atoms with Crippen LogP contribution in [0.15, 0.2) is 10.6 Å². The molecule has 0 aliphatic rings. The largest absolute Gasteiger partial charge is 0.360 e. The molecular weight excluding hydrogens is 236 g/mol. The molecule has 0 saturated carbocycles. The number of hydrogen-bond acceptors (Lipinski definition) is 5. The summed E-state index contributed by atoms with van der Waals surface area (Å²) >= 11 is 0. The Morgan fingerprint density at radius 2 is 2.28 bits per heavy atom. The molecule has 0 bridgehead atoms. The summed E-state index contributed by atoms with van der Waals surface area (Å²) in [5.41, 5.74) is 5.31. The molecule has 7 nitrogen and oxygen atoms in total. The van der Waals surface area contributed by atoms with E-state index in [0.717, 1.165) is 0 Å². The van der Waals surface area contributed by atoms with Gasteiger partial charge in [-0.25, -0.2) is 0 Å². The quantitative estimate of drug-likeness (QED) is 0.750. The van der Waals surface area contributed by atoms with E-state index >= 15 is 0 Å². The molecule has 0 fully saturated rings. The standard InChI is InChI=1S/C11H18N4O3/c1-8-6-9(14-18-8)13-10(16)7-15(2)11(17)4-3-5-12/h6H,3-5,7,12H2,1-2H3,(H,13,14,16). The average Bonchev–Trinajstić information content (AvgIpc) is 2.71. The fraction of sp³-hybridized carbons (Fsp3) is 0.545. The van der Waals surface area contributed by atoms with Gasteiger partial charge in [0.25, 0.3) is 0 Å². The molecule has 0 saturated heterocycles. The van der Waals surface area contributed by atoms with Crippen molar-refractivity contribution in [1.82, 2.24) is 10.1 Å². The van der Waals surface area contributed by atoms with Gasteiger partial charge in [-0.2, -0.15) is 0 Å². The average molecular weight is 254 g/mol. The maximum absolute atomic E-state index is 11.6. The van der Waals surface area contributed by atoms with Crippen molar-refractivity contribution in [2.24, 2.45) is 5.73 Å². The van der Waals surface area contributed by atoms with Crippen molar-refractivity contribution in [2.75, 3.05) is 25.5 Å². The normalized spacial score (nSPS) is 10.2. The van der Waals surface area contributed by atoms with Gasteiger partial charge in [-0.3, -0.25) is 9.59 Å². The highest BCUT2D eigenvalue weighted by Gasteiger charge is 2.13. The van der Waals surface area contributed by atoms with E-state index in [4.69, 9.17) is 10.3 Å². The summed E-state index contributed by atoms with van der Waals surface area (Å²) in [7, 11) is 1.58. The smallest absolute Gasteiger partial charge is 0.245 e. The number of nitrogens with zero attached hydrogens (tertiary/aromatic N) is 2. The number of rotatable bonds is 6. The molecule has 18 heavy (non-hydrogen) atoms. The van der Waals surface area contributed by atoms with Gasteiger partial charge in [0.15, 0.2) is 5.82 Å². The first kappa shape index (κ1) is 14.2. The minimum absolute atomic E-state index is 0.0185. The van der Waals surface area contributed by atoms with Crippen LogP contribution in [-0.4, -0.2) is 42.0 Å². The Bertz CT molecular complexity index is 416. The third-order valence-corrected chi connectivity index (χ3v) is 2.30. The van der Waals surface area contributed by atoms with Crippen LogP contribution in [0.3, 0.4) is 0 Å². The van der Waals surface area contributed by atoms with Gasteiger partial charge in [0.1, 0.15) is 5.76 Å². The van der Waals surface area contributed by atoms with Crippen LogP contribution in [0.5, 0.6) is 0 Å². The third kappa shape index (κ3) is 4.54. The molecule has 1 aromatic rings. The zero-order chi connectivity index (χ0) is 13.5. The number of hydrogen-bond donors (Lipinski definition) is 2. The van der Waals surface area contributed by atoms with Gasteiger partial charge in [-0.1, -0.05) is 5.16 Å². The molecule has 2 amide bonds. The topological polar surface area (TPSA) is 101 Å². The van der Waals surface area contributed by atoms with E-state index in [9.17, 15) is 9.59 Å². The molecule has 0 spiro atoms. The van der Waals surface area contributed by atoms with Crippen molar-refractivity contribution >= 4 is 17.6 Å². The summed E-state index contributed by atoms with van der Waals surface area (Å²) in [6.45, 7) is 2.17. The Balaban J connectivity index is 2.37. The van der Waals surface area contributed by atoms with Gasteiger partial charge in [0, 0.05) is 19.5 Å². The van der Waals surface area contributed by atoms with E-state index in [1.807, 2.05) is 0 Å². The Kier molecular flexibility index (Phi) is 5.31. The predicted molar refractivity (Wildman–Crippen MR) is 65.8 cm³/mol. The van der Waals surface area contributed by atoms with Crippen LogP contribution in [0, 0.1) is 6.92 Å². The molecule has 3 N–H and O–H groups in total. The molecule has 0 aliphatic carbocycles. The molecule has 0 atom stereocenters. The maximum Gasteiger partial charge on any atom is 0.245 e. The first-order valence-electron chi connectivity index (χ1n) is 5.70. The molecule has 1 heterocycles. The van der Waals surface area contributed by atoms with E-state index in [1.54, 1.807) is 20.0 Å². The number of nitrogens with two attached hydrogens (primary N) is 1. The molecule has 1 aromatic heterocycles. The summed E-state index contributed by atoms with van der Waals surface area (Å²) in [4.78, 5) is 24.5. The lowest BCUT2D eigenvalue weighted by molar-refractivity contribution is -0.133. The summed E-state index contributed by atoms with van der Waals surface area (Å²) < 4.78 is 4.81. The van der Waals surface area contributed by atoms with Crippen molar-refractivity contribution < 1.29 is 14.1 Å². The maximum atomic E-state index is 11.6. The van der Waals surface area contributed by atoms with Crippen molar-refractivity contribution in [3.63, 3.8) is 0 Å². The molecule has 0 aliphatic heterocycles. The van der Waals surface area contributed by atoms with E-state index in [2.05, 4.69) is 10.5 Å².